The van der Waals surface area contributed by atoms with Gasteiger partial charge in [-0.3, -0.25) is 9.59 Å². The van der Waals surface area contributed by atoms with E-state index in [1.165, 1.54) is 29.5 Å². The van der Waals surface area contributed by atoms with Gasteiger partial charge in [-0.15, -0.1) is 10.2 Å². The average Bonchev–Trinajstić information content (AvgIpc) is 3.37. The van der Waals surface area contributed by atoms with Crippen molar-refractivity contribution >= 4 is 44.8 Å². The van der Waals surface area contributed by atoms with E-state index in [4.69, 9.17) is 4.42 Å². The molecule has 1 aromatic carbocycles. The number of carbonyl (C=O) groups is 2. The Morgan fingerprint density at radius 2 is 2.14 bits per heavy atom. The van der Waals surface area contributed by atoms with E-state index in [9.17, 15) is 14.0 Å². The van der Waals surface area contributed by atoms with Crippen LogP contribution in [-0.2, 0) is 0 Å². The van der Waals surface area contributed by atoms with Crippen LogP contribution in [0.1, 0.15) is 44.1 Å². The number of hydrogen-bond acceptors (Lipinski definition) is 6. The van der Waals surface area contributed by atoms with Crippen molar-refractivity contribution in [2.45, 2.75) is 18.8 Å². The van der Waals surface area contributed by atoms with Crippen LogP contribution in [0.4, 0.5) is 10.1 Å². The number of amides is 2. The second-order valence-electron chi connectivity index (χ2n) is 6.60. The lowest BCUT2D eigenvalue weighted by molar-refractivity contribution is 0.0673. The highest BCUT2D eigenvalue weighted by molar-refractivity contribution is 9.10. The Morgan fingerprint density at radius 3 is 2.90 bits per heavy atom. The van der Waals surface area contributed by atoms with Crippen LogP contribution in [0.2, 0.25) is 0 Å². The van der Waals surface area contributed by atoms with Gasteiger partial charge < -0.3 is 14.6 Å². The Hall–Kier alpha value is -2.59. The van der Waals surface area contributed by atoms with Gasteiger partial charge in [0.1, 0.15) is 10.8 Å². The molecule has 1 aliphatic heterocycles. The van der Waals surface area contributed by atoms with Gasteiger partial charge in [0.05, 0.1) is 0 Å². The van der Waals surface area contributed by atoms with Gasteiger partial charge in [0, 0.05) is 24.7 Å². The van der Waals surface area contributed by atoms with Gasteiger partial charge in [-0.2, -0.15) is 0 Å². The van der Waals surface area contributed by atoms with Crippen LogP contribution in [0.25, 0.3) is 0 Å². The van der Waals surface area contributed by atoms with Crippen molar-refractivity contribution < 1.29 is 18.4 Å². The Balaban J connectivity index is 1.43. The minimum absolute atomic E-state index is 0.000627. The highest BCUT2D eigenvalue weighted by atomic mass is 79.9. The second kappa shape index (κ2) is 8.42. The fourth-order valence-corrected chi connectivity index (χ4v) is 4.36. The number of aromatic nitrogens is 2. The quantitative estimate of drug-likeness (QED) is 0.603. The maximum Gasteiger partial charge on any atom is 0.289 e. The summed E-state index contributed by atoms with van der Waals surface area (Å²) in [7, 11) is 0. The van der Waals surface area contributed by atoms with E-state index in [0.29, 0.717) is 28.5 Å². The van der Waals surface area contributed by atoms with E-state index >= 15 is 0 Å². The van der Waals surface area contributed by atoms with Crippen LogP contribution in [-0.4, -0.2) is 40.0 Å². The zero-order chi connectivity index (χ0) is 20.4. The van der Waals surface area contributed by atoms with Crippen molar-refractivity contribution in [2.75, 3.05) is 18.4 Å². The van der Waals surface area contributed by atoms with E-state index in [2.05, 4.69) is 31.4 Å². The van der Waals surface area contributed by atoms with Crippen molar-refractivity contribution in [1.82, 2.24) is 15.1 Å². The summed E-state index contributed by atoms with van der Waals surface area (Å²) in [5.74, 6) is -0.766. The number of benzene rings is 1. The summed E-state index contributed by atoms with van der Waals surface area (Å²) in [6, 6.07) is 8.97. The molecule has 0 unspecified atom stereocenters. The summed E-state index contributed by atoms with van der Waals surface area (Å²) < 4.78 is 19.1. The molecule has 3 heterocycles. The molecule has 150 valence electrons. The smallest absolute Gasteiger partial charge is 0.289 e. The number of nitrogens with zero attached hydrogens (tertiary/aromatic N) is 3. The normalized spacial score (nSPS) is 16.6. The molecular weight excluding hydrogens is 463 g/mol. The predicted molar refractivity (Wildman–Crippen MR) is 109 cm³/mol. The molecule has 1 N–H and O–H groups in total. The molecule has 1 fully saturated rings. The summed E-state index contributed by atoms with van der Waals surface area (Å²) in [5, 5.41) is 11.6. The van der Waals surface area contributed by atoms with Crippen LogP contribution in [0, 0.1) is 5.82 Å². The molecule has 0 aliphatic carbocycles. The number of furan rings is 1. The molecule has 2 aromatic heterocycles. The maximum absolute atomic E-state index is 13.3. The van der Waals surface area contributed by atoms with Gasteiger partial charge in [0.15, 0.2) is 10.4 Å². The monoisotopic (exact) mass is 478 g/mol. The summed E-state index contributed by atoms with van der Waals surface area (Å²) in [4.78, 5) is 26.7. The van der Waals surface area contributed by atoms with Crippen molar-refractivity contribution in [1.29, 1.82) is 0 Å². The number of piperidine rings is 1. The molecule has 29 heavy (non-hydrogen) atoms. The minimum Gasteiger partial charge on any atom is -0.444 e. The van der Waals surface area contributed by atoms with Gasteiger partial charge >= 0.3 is 0 Å². The van der Waals surface area contributed by atoms with Gasteiger partial charge in [0.2, 0.25) is 5.01 Å². The van der Waals surface area contributed by atoms with Crippen LogP contribution in [0.15, 0.2) is 45.5 Å². The highest BCUT2D eigenvalue weighted by Gasteiger charge is 2.29. The number of hydrogen-bond donors (Lipinski definition) is 1. The van der Waals surface area contributed by atoms with E-state index in [1.54, 1.807) is 23.1 Å². The third-order valence-corrected chi connectivity index (χ3v) is 6.07. The Bertz CT molecular complexity index is 1050. The molecule has 10 heteroatoms. The van der Waals surface area contributed by atoms with Gasteiger partial charge in [-0.1, -0.05) is 17.4 Å². The summed E-state index contributed by atoms with van der Waals surface area (Å²) in [6.45, 7) is 1.12. The molecule has 0 bridgehead atoms. The van der Waals surface area contributed by atoms with Gasteiger partial charge in [-0.25, -0.2) is 4.39 Å². The van der Waals surface area contributed by atoms with Crippen molar-refractivity contribution in [3.8, 4) is 0 Å². The number of halogens is 2. The zero-order valence-electron chi connectivity index (χ0n) is 15.1. The van der Waals surface area contributed by atoms with Crippen LogP contribution >= 0.6 is 27.3 Å². The van der Waals surface area contributed by atoms with Crippen molar-refractivity contribution in [3.05, 3.63) is 62.7 Å². The molecule has 3 aromatic rings. The highest BCUT2D eigenvalue weighted by Crippen LogP contribution is 2.30. The average molecular weight is 479 g/mol. The Kier molecular flexibility index (Phi) is 5.72. The largest absolute Gasteiger partial charge is 0.444 e. The molecule has 1 saturated heterocycles. The number of carbonyl (C=O) groups excluding carboxylic acids is 2. The number of nitrogens with one attached hydrogen (secondary N) is 1. The molecule has 4 rings (SSSR count). The van der Waals surface area contributed by atoms with Crippen LogP contribution in [0.3, 0.4) is 0 Å². The first-order valence-electron chi connectivity index (χ1n) is 8.94. The third kappa shape index (κ3) is 4.54. The molecule has 1 atom stereocenters. The van der Waals surface area contributed by atoms with Crippen LogP contribution < -0.4 is 5.32 Å². The van der Waals surface area contributed by atoms with E-state index < -0.39 is 11.7 Å². The zero-order valence-corrected chi connectivity index (χ0v) is 17.5. The molecule has 7 nitrogen and oxygen atoms in total. The molecular formula is C19H16BrFN4O3S. The van der Waals surface area contributed by atoms with E-state index in [0.717, 1.165) is 12.8 Å². The molecule has 0 spiro atoms. The number of anilines is 1. The predicted octanol–water partition coefficient (Wildman–Crippen LogP) is 4.30. The third-order valence-electron chi connectivity index (χ3n) is 4.56. The fraction of sp³-hybridized carbons (Fsp3) is 0.263. The lowest BCUT2D eigenvalue weighted by Gasteiger charge is -2.30. The minimum atomic E-state index is -0.441. The van der Waals surface area contributed by atoms with E-state index in [-0.39, 0.29) is 22.6 Å². The van der Waals surface area contributed by atoms with Gasteiger partial charge in [-0.05, 0) is 59.1 Å². The number of rotatable bonds is 4. The van der Waals surface area contributed by atoms with E-state index in [1.807, 2.05) is 0 Å². The van der Waals surface area contributed by atoms with Crippen molar-refractivity contribution in [3.63, 3.8) is 0 Å². The Morgan fingerprint density at radius 1 is 1.28 bits per heavy atom. The topological polar surface area (TPSA) is 88.3 Å². The lowest BCUT2D eigenvalue weighted by Crippen LogP contribution is -2.38. The Labute approximate surface area is 178 Å². The second-order valence-corrected chi connectivity index (χ2v) is 8.39. The first-order chi connectivity index (χ1) is 14.0. The number of likely N-dealkylation sites (tertiary alicyclic amines) is 1. The summed E-state index contributed by atoms with van der Waals surface area (Å²) >= 11 is 4.39. The van der Waals surface area contributed by atoms with Crippen LogP contribution in [0.5, 0.6) is 0 Å². The molecule has 1 aliphatic rings. The SMILES string of the molecule is O=C(Nc1cccc(F)c1)c1nnc([C@H]2CCCN(C(=O)c3ccc(Br)o3)C2)s1. The molecule has 2 amide bonds. The first-order valence-corrected chi connectivity index (χ1v) is 10.6. The maximum atomic E-state index is 13.3. The summed E-state index contributed by atoms with van der Waals surface area (Å²) in [6.07, 6.45) is 1.68. The molecule has 0 radical (unpaired) electrons. The fourth-order valence-electron chi connectivity index (χ4n) is 3.19. The van der Waals surface area contributed by atoms with Crippen molar-refractivity contribution in [2.24, 2.45) is 0 Å². The summed E-state index contributed by atoms with van der Waals surface area (Å²) in [5.41, 5.74) is 0.353. The molecule has 0 saturated carbocycles. The first kappa shape index (κ1) is 19.7. The van der Waals surface area contributed by atoms with Gasteiger partial charge in [0.25, 0.3) is 11.8 Å². The lowest BCUT2D eigenvalue weighted by atomic mass is 9.98. The standard InChI is InChI=1S/C19H16BrFN4O3S/c20-15-7-6-14(28-15)19(27)25-8-2-3-11(10-25)17-23-24-18(29-17)16(26)22-13-5-1-4-12(21)9-13/h1,4-7,9,11H,2-3,8,10H2,(H,22,26)/t11-/m0/s1.